The average molecular weight is 231 g/mol. The molecule has 0 aliphatic carbocycles. The number of carbonyl (C=O) groups excluding carboxylic acids is 2. The number of hydrogen-bond acceptors (Lipinski definition) is 3. The normalized spacial score (nSPS) is 13.5. The maximum atomic E-state index is 12.7. The summed E-state index contributed by atoms with van der Waals surface area (Å²) in [6.07, 6.45) is 0. The quantitative estimate of drug-likeness (QED) is 0.444. The van der Waals surface area contributed by atoms with E-state index in [0.717, 1.165) is 6.92 Å². The number of carbonyl (C=O) groups is 3. The van der Waals surface area contributed by atoms with Crippen LogP contribution in [0.1, 0.15) is 6.92 Å². The fourth-order valence-electron chi connectivity index (χ4n) is 0.687. The summed E-state index contributed by atoms with van der Waals surface area (Å²) in [5.74, 6) is -6.85. The summed E-state index contributed by atoms with van der Waals surface area (Å²) in [4.78, 5) is 31.5. The number of halogens is 3. The molecule has 0 aromatic rings. The summed E-state index contributed by atoms with van der Waals surface area (Å²) in [6, 6.07) is 0. The first-order valence-corrected chi connectivity index (χ1v) is 3.77. The molecule has 0 spiro atoms. The molecule has 0 amide bonds. The fourth-order valence-corrected chi connectivity index (χ4v) is 1.19. The van der Waals surface area contributed by atoms with Gasteiger partial charge in [-0.3, -0.25) is 9.59 Å². The molecule has 0 aliphatic rings. The van der Waals surface area contributed by atoms with Crippen molar-refractivity contribution in [2.75, 3.05) is 0 Å². The summed E-state index contributed by atoms with van der Waals surface area (Å²) in [7, 11) is 0. The van der Waals surface area contributed by atoms with Gasteiger partial charge in [-0.1, -0.05) is 23.2 Å². The van der Waals surface area contributed by atoms with E-state index in [0.29, 0.717) is 0 Å². The zero-order valence-corrected chi connectivity index (χ0v) is 7.90. The van der Waals surface area contributed by atoms with Crippen molar-refractivity contribution in [1.82, 2.24) is 0 Å². The minimum Gasteiger partial charge on any atom is -0.475 e. The summed E-state index contributed by atoms with van der Waals surface area (Å²) >= 11 is 9.65. The Bertz CT molecular complexity index is 258. The molecule has 4 nitrogen and oxygen atoms in total. The van der Waals surface area contributed by atoms with Gasteiger partial charge >= 0.3 is 5.97 Å². The Morgan fingerprint density at radius 3 is 1.85 bits per heavy atom. The van der Waals surface area contributed by atoms with Crippen molar-refractivity contribution in [3.8, 4) is 0 Å². The van der Waals surface area contributed by atoms with Crippen LogP contribution in [-0.2, 0) is 14.4 Å². The third-order valence-electron chi connectivity index (χ3n) is 1.21. The Labute approximate surface area is 82.6 Å². The van der Waals surface area contributed by atoms with E-state index < -0.39 is 28.0 Å². The zero-order chi connectivity index (χ0) is 10.8. The van der Waals surface area contributed by atoms with Crippen molar-refractivity contribution in [3.05, 3.63) is 0 Å². The van der Waals surface area contributed by atoms with Crippen LogP contribution in [0.2, 0.25) is 0 Å². The van der Waals surface area contributed by atoms with Crippen LogP contribution in [0.4, 0.5) is 4.39 Å². The number of rotatable bonds is 4. The highest BCUT2D eigenvalue weighted by Crippen LogP contribution is 2.33. The Morgan fingerprint density at radius 1 is 1.38 bits per heavy atom. The highest BCUT2D eigenvalue weighted by atomic mass is 35.5. The van der Waals surface area contributed by atoms with Crippen molar-refractivity contribution in [3.63, 3.8) is 0 Å². The fraction of sp³-hybridized carbons (Fsp3) is 0.500. The van der Waals surface area contributed by atoms with Gasteiger partial charge in [-0.25, -0.2) is 9.18 Å². The molecule has 0 aromatic carbocycles. The van der Waals surface area contributed by atoms with E-state index in [1.54, 1.807) is 0 Å². The first-order chi connectivity index (χ1) is 5.68. The molecule has 7 heteroatoms. The van der Waals surface area contributed by atoms with E-state index in [4.69, 9.17) is 28.3 Å². The minimum atomic E-state index is -3.19. The zero-order valence-electron chi connectivity index (χ0n) is 6.38. The van der Waals surface area contributed by atoms with Gasteiger partial charge in [0.05, 0.1) is 0 Å². The molecule has 0 heterocycles. The average Bonchev–Trinajstić information content (AvgIpc) is 1.82. The number of Topliss-reactive ketones (excluding diaryl/α,β-unsaturated/α-hetero) is 2. The molecule has 1 unspecified atom stereocenters. The van der Waals surface area contributed by atoms with Gasteiger partial charge in [-0.05, 0) is 6.92 Å². The third-order valence-corrected chi connectivity index (χ3v) is 1.64. The lowest BCUT2D eigenvalue weighted by atomic mass is 10.0. The molecule has 0 bridgehead atoms. The highest BCUT2D eigenvalue weighted by molar-refractivity contribution is 6.52. The predicted octanol–water partition coefficient (Wildman–Crippen LogP) is 0.946. The molecule has 1 N–H and O–H groups in total. The maximum absolute atomic E-state index is 12.7. The predicted molar refractivity (Wildman–Crippen MR) is 42.4 cm³/mol. The van der Waals surface area contributed by atoms with E-state index in [-0.39, 0.29) is 0 Å². The number of ketones is 2. The second-order valence-corrected chi connectivity index (χ2v) is 3.55. The van der Waals surface area contributed by atoms with Gasteiger partial charge in [0.25, 0.3) is 10.4 Å². The van der Waals surface area contributed by atoms with Crippen LogP contribution >= 0.6 is 23.2 Å². The summed E-state index contributed by atoms with van der Waals surface area (Å²) in [5.41, 5.74) is 0. The van der Waals surface area contributed by atoms with Crippen LogP contribution in [0.3, 0.4) is 0 Å². The molecule has 13 heavy (non-hydrogen) atoms. The minimum absolute atomic E-state index is 0.824. The van der Waals surface area contributed by atoms with Crippen molar-refractivity contribution in [2.45, 2.75) is 11.5 Å². The van der Waals surface area contributed by atoms with Crippen LogP contribution in [0.15, 0.2) is 0 Å². The summed E-state index contributed by atoms with van der Waals surface area (Å²) in [5, 5.41) is 8.18. The summed E-state index contributed by atoms with van der Waals surface area (Å²) < 4.78 is 9.55. The lowest BCUT2D eigenvalue weighted by Crippen LogP contribution is -2.38. The van der Waals surface area contributed by atoms with Crippen molar-refractivity contribution < 1.29 is 23.9 Å². The van der Waals surface area contributed by atoms with Gasteiger partial charge < -0.3 is 5.11 Å². The van der Waals surface area contributed by atoms with Crippen molar-refractivity contribution >= 4 is 40.7 Å². The van der Waals surface area contributed by atoms with E-state index in [1.165, 1.54) is 0 Å². The first-order valence-electron chi connectivity index (χ1n) is 3.02. The highest BCUT2D eigenvalue weighted by Gasteiger charge is 2.46. The van der Waals surface area contributed by atoms with Crippen molar-refractivity contribution in [2.24, 2.45) is 5.92 Å². The van der Waals surface area contributed by atoms with Gasteiger partial charge in [0.2, 0.25) is 0 Å². The molecule has 0 saturated heterocycles. The van der Waals surface area contributed by atoms with E-state index in [9.17, 15) is 18.8 Å². The van der Waals surface area contributed by atoms with Crippen LogP contribution in [-0.4, -0.2) is 27.2 Å². The number of carboxylic acid groups (broad SMARTS) is 1. The van der Waals surface area contributed by atoms with E-state index in [2.05, 4.69) is 0 Å². The lowest BCUT2D eigenvalue weighted by Gasteiger charge is -2.16. The second kappa shape index (κ2) is 4.02. The van der Waals surface area contributed by atoms with Gasteiger partial charge in [-0.2, -0.15) is 0 Å². The Balaban J connectivity index is 4.95. The van der Waals surface area contributed by atoms with Crippen LogP contribution in [0.25, 0.3) is 0 Å². The van der Waals surface area contributed by atoms with Gasteiger partial charge in [0.15, 0.2) is 5.92 Å². The first kappa shape index (κ1) is 12.3. The Morgan fingerprint density at radius 2 is 1.77 bits per heavy atom. The molecule has 0 aromatic heterocycles. The van der Waals surface area contributed by atoms with Crippen LogP contribution in [0, 0.1) is 5.92 Å². The Kier molecular flexibility index (Phi) is 3.81. The van der Waals surface area contributed by atoms with Crippen molar-refractivity contribution in [1.29, 1.82) is 0 Å². The standard InChI is InChI=1S/C6H5Cl2FO4/c1-2(10)3(6(7,8)9)4(11)5(12)13/h3H,1H3,(H,12,13). The van der Waals surface area contributed by atoms with Crippen LogP contribution < -0.4 is 0 Å². The third kappa shape index (κ3) is 3.28. The molecular formula is C6H5Cl2FO4. The molecule has 0 radical (unpaired) electrons. The molecular weight excluding hydrogens is 226 g/mol. The van der Waals surface area contributed by atoms with Gasteiger partial charge in [0.1, 0.15) is 5.78 Å². The molecule has 0 fully saturated rings. The number of aliphatic carboxylic acids is 1. The molecule has 0 aliphatic heterocycles. The van der Waals surface area contributed by atoms with Crippen LogP contribution in [0.5, 0.6) is 0 Å². The Hall–Kier alpha value is -0.680. The number of alkyl halides is 3. The SMILES string of the molecule is CC(=O)C(C(=O)C(=O)O)C(F)(Cl)Cl. The second-order valence-electron chi connectivity index (χ2n) is 2.25. The molecule has 0 rings (SSSR count). The largest absolute Gasteiger partial charge is 0.475 e. The molecule has 0 saturated carbocycles. The lowest BCUT2D eigenvalue weighted by molar-refractivity contribution is -0.153. The topological polar surface area (TPSA) is 71.4 Å². The maximum Gasteiger partial charge on any atom is 0.373 e. The van der Waals surface area contributed by atoms with E-state index in [1.807, 2.05) is 0 Å². The summed E-state index contributed by atoms with van der Waals surface area (Å²) in [6.45, 7) is 0.824. The molecule has 1 atom stereocenters. The smallest absolute Gasteiger partial charge is 0.373 e. The number of carboxylic acids is 1. The van der Waals surface area contributed by atoms with Gasteiger partial charge in [0, 0.05) is 0 Å². The monoisotopic (exact) mass is 230 g/mol. The van der Waals surface area contributed by atoms with E-state index >= 15 is 0 Å². The molecule has 74 valence electrons. The van der Waals surface area contributed by atoms with Gasteiger partial charge in [-0.15, -0.1) is 0 Å². The number of hydrogen-bond donors (Lipinski definition) is 1.